The van der Waals surface area contributed by atoms with E-state index in [0.29, 0.717) is 11.4 Å². The Morgan fingerprint density at radius 3 is 2.19 bits per heavy atom. The number of aliphatic imine (C=N–C) groups is 1. The number of nitrogens with zero attached hydrogens (tertiary/aromatic N) is 3. The number of para-hydroxylation sites is 1. The number of ether oxygens (including phenoxy) is 2. The molecule has 1 N–H and O–H groups in total. The van der Waals surface area contributed by atoms with E-state index in [1.165, 1.54) is 24.3 Å². The number of hydrogen-bond acceptors (Lipinski definition) is 6. The number of carbonyl (C=O) groups excluding carboxylic acids is 1. The highest BCUT2D eigenvalue weighted by atomic mass is 19.4. The standard InChI is InChI=1S/C27H21F3N4O3/c1-17-13-15-19(16-14-17)31-25-32-26(27(28,29)30,18-9-5-3-6-10-18)21-22(24(35)36-2)33-34(23(21)37-25)20-11-7-4-8-12-20/h3-16H,1-2H3,(H,31,32). The molecule has 0 fully saturated rings. The van der Waals surface area contributed by atoms with Crippen LogP contribution in [0, 0.1) is 6.92 Å². The van der Waals surface area contributed by atoms with Crippen molar-refractivity contribution in [1.29, 1.82) is 0 Å². The molecule has 0 saturated carbocycles. The lowest BCUT2D eigenvalue weighted by Crippen LogP contribution is -2.47. The monoisotopic (exact) mass is 506 g/mol. The van der Waals surface area contributed by atoms with Crippen LogP contribution < -0.4 is 10.1 Å². The maximum Gasteiger partial charge on any atom is 0.422 e. The SMILES string of the molecule is COC(=O)c1nn(-c2ccccc2)c2c1C(c1ccccc1)(C(F)(F)F)N=C(Nc1ccc(C)cc1)O2. The molecule has 0 radical (unpaired) electrons. The average Bonchev–Trinajstić information content (AvgIpc) is 3.29. The van der Waals surface area contributed by atoms with Gasteiger partial charge >= 0.3 is 12.1 Å². The Morgan fingerprint density at radius 2 is 1.59 bits per heavy atom. The van der Waals surface area contributed by atoms with Crippen LogP contribution in [0.3, 0.4) is 0 Å². The van der Waals surface area contributed by atoms with E-state index in [1.807, 2.05) is 6.92 Å². The summed E-state index contributed by atoms with van der Waals surface area (Å²) < 4.78 is 57.8. The van der Waals surface area contributed by atoms with Crippen molar-refractivity contribution in [2.24, 2.45) is 4.99 Å². The molecule has 5 rings (SSSR count). The van der Waals surface area contributed by atoms with Gasteiger partial charge in [-0.1, -0.05) is 66.2 Å². The summed E-state index contributed by atoms with van der Waals surface area (Å²) >= 11 is 0. The molecule has 7 nitrogen and oxygen atoms in total. The molecule has 3 aromatic carbocycles. The summed E-state index contributed by atoms with van der Waals surface area (Å²) in [6.45, 7) is 1.89. The summed E-state index contributed by atoms with van der Waals surface area (Å²) in [4.78, 5) is 16.9. The number of esters is 1. The van der Waals surface area contributed by atoms with E-state index < -0.39 is 35.0 Å². The lowest BCUT2D eigenvalue weighted by Gasteiger charge is -2.36. The number of alkyl halides is 3. The van der Waals surface area contributed by atoms with Gasteiger partial charge in [0.1, 0.15) is 0 Å². The summed E-state index contributed by atoms with van der Waals surface area (Å²) in [7, 11) is 1.07. The molecule has 10 heteroatoms. The Balaban J connectivity index is 1.83. The number of fused-ring (bicyclic) bond motifs is 1. The van der Waals surface area contributed by atoms with E-state index in [4.69, 9.17) is 9.47 Å². The number of amidine groups is 1. The minimum absolute atomic E-state index is 0.215. The molecular weight excluding hydrogens is 485 g/mol. The first-order valence-corrected chi connectivity index (χ1v) is 11.3. The minimum atomic E-state index is -5.00. The number of aromatic nitrogens is 2. The number of halogens is 3. The second kappa shape index (κ2) is 9.12. The highest BCUT2D eigenvalue weighted by molar-refractivity contribution is 5.96. The van der Waals surface area contributed by atoms with Gasteiger partial charge in [0.05, 0.1) is 18.4 Å². The first-order chi connectivity index (χ1) is 17.7. The van der Waals surface area contributed by atoms with Crippen molar-refractivity contribution in [3.63, 3.8) is 0 Å². The molecule has 1 unspecified atom stereocenters. The van der Waals surface area contributed by atoms with Crippen LogP contribution in [0.4, 0.5) is 18.9 Å². The van der Waals surface area contributed by atoms with Crippen LogP contribution in [0.5, 0.6) is 5.88 Å². The van der Waals surface area contributed by atoms with E-state index in [1.54, 1.807) is 60.7 Å². The fraction of sp³-hybridized carbons (Fsp3) is 0.148. The second-order valence-corrected chi connectivity index (χ2v) is 8.35. The Morgan fingerprint density at radius 1 is 0.973 bits per heavy atom. The number of benzene rings is 3. The molecule has 188 valence electrons. The van der Waals surface area contributed by atoms with E-state index in [-0.39, 0.29) is 11.4 Å². The molecule has 0 amide bonds. The van der Waals surface area contributed by atoms with Crippen LogP contribution in [-0.4, -0.2) is 35.1 Å². The molecule has 0 bridgehead atoms. The fourth-order valence-electron chi connectivity index (χ4n) is 4.20. The zero-order valence-electron chi connectivity index (χ0n) is 19.8. The number of carbonyl (C=O) groups is 1. The van der Waals surface area contributed by atoms with Crippen molar-refractivity contribution in [1.82, 2.24) is 9.78 Å². The zero-order chi connectivity index (χ0) is 26.2. The van der Waals surface area contributed by atoms with Crippen LogP contribution in [0.15, 0.2) is 89.9 Å². The third-order valence-electron chi connectivity index (χ3n) is 5.95. The van der Waals surface area contributed by atoms with Crippen molar-refractivity contribution in [2.45, 2.75) is 18.6 Å². The normalized spacial score (nSPS) is 16.8. The number of rotatable bonds is 4. The first kappa shape index (κ1) is 24.1. The Hall–Kier alpha value is -4.60. The Bertz CT molecular complexity index is 1470. The maximum atomic E-state index is 15.3. The van der Waals surface area contributed by atoms with E-state index in [9.17, 15) is 4.79 Å². The predicted molar refractivity (Wildman–Crippen MR) is 131 cm³/mol. The maximum absolute atomic E-state index is 15.3. The molecule has 1 atom stereocenters. The van der Waals surface area contributed by atoms with Gasteiger partial charge in [0.25, 0.3) is 6.02 Å². The van der Waals surface area contributed by atoms with Crippen LogP contribution in [-0.2, 0) is 10.3 Å². The summed E-state index contributed by atoms with van der Waals surface area (Å²) in [5, 5.41) is 7.08. The summed E-state index contributed by atoms with van der Waals surface area (Å²) in [6, 6.07) is 22.1. The molecule has 0 spiro atoms. The summed E-state index contributed by atoms with van der Waals surface area (Å²) in [5.74, 6) is -1.36. The van der Waals surface area contributed by atoms with Crippen molar-refractivity contribution in [2.75, 3.05) is 12.4 Å². The van der Waals surface area contributed by atoms with Gasteiger partial charge in [-0.3, -0.25) is 0 Å². The Labute approximate surface area is 210 Å². The van der Waals surface area contributed by atoms with Crippen molar-refractivity contribution >= 4 is 17.7 Å². The lowest BCUT2D eigenvalue weighted by atomic mass is 9.81. The van der Waals surface area contributed by atoms with Crippen LogP contribution >= 0.6 is 0 Å². The molecule has 1 aliphatic heterocycles. The van der Waals surface area contributed by atoms with Gasteiger partial charge in [-0.25, -0.2) is 9.79 Å². The van der Waals surface area contributed by atoms with Crippen molar-refractivity contribution in [3.8, 4) is 11.6 Å². The van der Waals surface area contributed by atoms with Gasteiger partial charge in [-0.2, -0.15) is 23.0 Å². The van der Waals surface area contributed by atoms with E-state index in [2.05, 4.69) is 15.4 Å². The molecule has 0 aliphatic carbocycles. The highest BCUT2D eigenvalue weighted by Gasteiger charge is 2.64. The van der Waals surface area contributed by atoms with Gasteiger partial charge in [0.15, 0.2) is 5.69 Å². The number of methoxy groups -OCH3 is 1. The van der Waals surface area contributed by atoms with E-state index >= 15 is 13.2 Å². The molecule has 1 aliphatic rings. The van der Waals surface area contributed by atoms with Gasteiger partial charge in [-0.05, 0) is 36.8 Å². The lowest BCUT2D eigenvalue weighted by molar-refractivity contribution is -0.177. The molecular formula is C27H21F3N4O3. The van der Waals surface area contributed by atoms with Crippen LogP contribution in [0.2, 0.25) is 0 Å². The van der Waals surface area contributed by atoms with Crippen LogP contribution in [0.1, 0.15) is 27.2 Å². The predicted octanol–water partition coefficient (Wildman–Crippen LogP) is 5.63. The smallest absolute Gasteiger partial charge is 0.422 e. The summed E-state index contributed by atoms with van der Waals surface area (Å²) in [5.41, 5.74) is -2.53. The first-order valence-electron chi connectivity index (χ1n) is 11.3. The quantitative estimate of drug-likeness (QED) is 0.363. The molecule has 0 saturated heterocycles. The number of nitrogens with one attached hydrogen (secondary N) is 1. The topological polar surface area (TPSA) is 77.7 Å². The van der Waals surface area contributed by atoms with E-state index in [0.717, 1.165) is 17.4 Å². The summed E-state index contributed by atoms with van der Waals surface area (Å²) in [6.07, 6.45) is -5.00. The van der Waals surface area contributed by atoms with Gasteiger partial charge in [-0.15, -0.1) is 0 Å². The second-order valence-electron chi connectivity index (χ2n) is 8.35. The molecule has 4 aromatic rings. The molecule has 37 heavy (non-hydrogen) atoms. The third-order valence-corrected chi connectivity index (χ3v) is 5.95. The average molecular weight is 506 g/mol. The van der Waals surface area contributed by atoms with Gasteiger partial charge < -0.3 is 14.8 Å². The molecule has 1 aromatic heterocycles. The minimum Gasteiger partial charge on any atom is -0.464 e. The number of aryl methyl sites for hydroxylation is 1. The number of hydrogen-bond donors (Lipinski definition) is 1. The van der Waals surface area contributed by atoms with Crippen LogP contribution in [0.25, 0.3) is 5.69 Å². The largest absolute Gasteiger partial charge is 0.464 e. The van der Waals surface area contributed by atoms with Gasteiger partial charge in [0.2, 0.25) is 11.4 Å². The molecule has 2 heterocycles. The number of anilines is 1. The fourth-order valence-corrected chi connectivity index (χ4v) is 4.20. The van der Waals surface area contributed by atoms with Gasteiger partial charge in [0, 0.05) is 5.69 Å². The third kappa shape index (κ3) is 4.10. The van der Waals surface area contributed by atoms with Crippen molar-refractivity contribution in [3.05, 3.63) is 107 Å². The zero-order valence-corrected chi connectivity index (χ0v) is 19.8. The highest BCUT2D eigenvalue weighted by Crippen LogP contribution is 2.54. The van der Waals surface area contributed by atoms with Crippen molar-refractivity contribution < 1.29 is 27.4 Å². The Kier molecular flexibility index (Phi) is 5.94.